The van der Waals surface area contributed by atoms with Crippen molar-refractivity contribution in [3.05, 3.63) is 83.3 Å². The van der Waals surface area contributed by atoms with Crippen LogP contribution in [0.2, 0.25) is 0 Å². The molecule has 28 heavy (non-hydrogen) atoms. The summed E-state index contributed by atoms with van der Waals surface area (Å²) >= 11 is 0. The second-order valence-corrected chi connectivity index (χ2v) is 7.31. The van der Waals surface area contributed by atoms with Gasteiger partial charge in [0.05, 0.1) is 0 Å². The van der Waals surface area contributed by atoms with Gasteiger partial charge in [0.1, 0.15) is 11.7 Å². The van der Waals surface area contributed by atoms with Crippen LogP contribution in [0.1, 0.15) is 30.9 Å². The lowest BCUT2D eigenvalue weighted by Crippen LogP contribution is -2.25. The fourth-order valence-corrected chi connectivity index (χ4v) is 2.85. The Labute approximate surface area is 160 Å². The summed E-state index contributed by atoms with van der Waals surface area (Å²) in [5, 5.41) is 0. The van der Waals surface area contributed by atoms with Crippen molar-refractivity contribution in [2.24, 2.45) is 0 Å². The molecule has 150 valence electrons. The third kappa shape index (κ3) is 5.13. The van der Waals surface area contributed by atoms with E-state index in [1.165, 1.54) is 0 Å². The van der Waals surface area contributed by atoms with Crippen LogP contribution in [0.5, 0.6) is 0 Å². The molecule has 2 rings (SSSR count). The van der Waals surface area contributed by atoms with Gasteiger partial charge in [0.25, 0.3) is 0 Å². The fraction of sp³-hybridized carbons (Fsp3) is 0.211. The first-order valence-corrected chi connectivity index (χ1v) is 9.43. The molecule has 0 saturated carbocycles. The van der Waals surface area contributed by atoms with Crippen molar-refractivity contribution < 1.29 is 35.3 Å². The van der Waals surface area contributed by atoms with E-state index in [9.17, 15) is 26.4 Å². The van der Waals surface area contributed by atoms with Crippen molar-refractivity contribution in [3.63, 3.8) is 0 Å². The Kier molecular flexibility index (Phi) is 6.50. The van der Waals surface area contributed by atoms with E-state index < -0.39 is 39.0 Å². The van der Waals surface area contributed by atoms with Crippen molar-refractivity contribution >= 4 is 16.1 Å². The highest BCUT2D eigenvalue weighted by Crippen LogP contribution is 2.29. The molecule has 9 heteroatoms. The minimum absolute atomic E-state index is 0.394. The SMILES string of the molecule is C/C(OC(=O)C(c1ccccc1)c1ccccc1)=C(\C)OS(=O)(=O)C(F)(F)F. The van der Waals surface area contributed by atoms with E-state index in [0.29, 0.717) is 11.1 Å². The molecule has 0 saturated heterocycles. The molecule has 0 unspecified atom stereocenters. The van der Waals surface area contributed by atoms with Crippen LogP contribution in [0.3, 0.4) is 0 Å². The van der Waals surface area contributed by atoms with Crippen LogP contribution in [0.15, 0.2) is 72.2 Å². The minimum Gasteiger partial charge on any atom is -0.427 e. The lowest BCUT2D eigenvalue weighted by atomic mass is 9.91. The van der Waals surface area contributed by atoms with Gasteiger partial charge in [-0.1, -0.05) is 60.7 Å². The van der Waals surface area contributed by atoms with E-state index in [1.54, 1.807) is 60.7 Å². The first-order valence-electron chi connectivity index (χ1n) is 8.02. The number of ether oxygens (including phenoxy) is 1. The van der Waals surface area contributed by atoms with Crippen LogP contribution >= 0.6 is 0 Å². The van der Waals surface area contributed by atoms with Gasteiger partial charge in [0.2, 0.25) is 0 Å². The highest BCUT2D eigenvalue weighted by Gasteiger charge is 2.48. The zero-order chi connectivity index (χ0) is 20.9. The molecule has 0 fully saturated rings. The highest BCUT2D eigenvalue weighted by molar-refractivity contribution is 7.87. The van der Waals surface area contributed by atoms with Gasteiger partial charge in [-0.05, 0) is 25.0 Å². The molecule has 2 aromatic rings. The zero-order valence-corrected chi connectivity index (χ0v) is 15.8. The third-order valence-electron chi connectivity index (χ3n) is 3.77. The van der Waals surface area contributed by atoms with E-state index in [0.717, 1.165) is 13.8 Å². The number of rotatable bonds is 6. The van der Waals surface area contributed by atoms with Gasteiger partial charge < -0.3 is 8.92 Å². The number of carbonyl (C=O) groups is 1. The number of allylic oxidation sites excluding steroid dienone is 2. The summed E-state index contributed by atoms with van der Waals surface area (Å²) in [7, 11) is -5.85. The molecule has 0 amide bonds. The van der Waals surface area contributed by atoms with Gasteiger partial charge in [-0.3, -0.25) is 4.79 Å². The summed E-state index contributed by atoms with van der Waals surface area (Å²) in [6.07, 6.45) is 0. The molecule has 0 bridgehead atoms. The molecule has 0 spiro atoms. The Morgan fingerprint density at radius 3 is 1.68 bits per heavy atom. The second kappa shape index (κ2) is 8.47. The van der Waals surface area contributed by atoms with Gasteiger partial charge in [-0.2, -0.15) is 21.6 Å². The summed E-state index contributed by atoms with van der Waals surface area (Å²) in [5.41, 5.74) is -4.38. The van der Waals surface area contributed by atoms with Crippen LogP contribution in [0.25, 0.3) is 0 Å². The van der Waals surface area contributed by atoms with Gasteiger partial charge >= 0.3 is 21.6 Å². The Hall–Kier alpha value is -2.81. The number of carbonyl (C=O) groups excluding carboxylic acids is 1. The number of hydrogen-bond donors (Lipinski definition) is 0. The second-order valence-electron chi connectivity index (χ2n) is 5.77. The Morgan fingerprint density at radius 2 is 1.29 bits per heavy atom. The molecule has 0 aromatic heterocycles. The van der Waals surface area contributed by atoms with Crippen LogP contribution in [-0.4, -0.2) is 19.9 Å². The van der Waals surface area contributed by atoms with E-state index in [-0.39, 0.29) is 0 Å². The number of alkyl halides is 3. The molecule has 2 aromatic carbocycles. The quantitative estimate of drug-likeness (QED) is 0.302. The van der Waals surface area contributed by atoms with Crippen molar-refractivity contribution in [1.82, 2.24) is 0 Å². The average molecular weight is 414 g/mol. The van der Waals surface area contributed by atoms with Crippen LogP contribution < -0.4 is 0 Å². The molecule has 5 nitrogen and oxygen atoms in total. The van der Waals surface area contributed by atoms with Crippen LogP contribution in [-0.2, 0) is 23.8 Å². The highest BCUT2D eigenvalue weighted by atomic mass is 32.2. The Balaban J connectivity index is 2.31. The molecule has 0 aliphatic rings. The van der Waals surface area contributed by atoms with Gasteiger partial charge in [0, 0.05) is 0 Å². The van der Waals surface area contributed by atoms with Crippen molar-refractivity contribution in [1.29, 1.82) is 0 Å². The topological polar surface area (TPSA) is 69.7 Å². The lowest BCUT2D eigenvalue weighted by molar-refractivity contribution is -0.140. The molecular weight excluding hydrogens is 397 g/mol. The maximum absolute atomic E-state index is 12.7. The average Bonchev–Trinajstić information content (AvgIpc) is 2.62. The first kappa shape index (κ1) is 21.5. The maximum atomic E-state index is 12.7. The number of benzene rings is 2. The Morgan fingerprint density at radius 1 is 0.857 bits per heavy atom. The Bertz CT molecular complexity index is 913. The summed E-state index contributed by atoms with van der Waals surface area (Å²) in [6.45, 7) is 2.11. The first-order chi connectivity index (χ1) is 13.0. The molecule has 0 aliphatic heterocycles. The lowest BCUT2D eigenvalue weighted by Gasteiger charge is -2.18. The van der Waals surface area contributed by atoms with Gasteiger partial charge in [-0.15, -0.1) is 0 Å². The molecule has 0 N–H and O–H groups in total. The summed E-state index contributed by atoms with van der Waals surface area (Å²) in [6, 6.07) is 17.3. The minimum atomic E-state index is -5.85. The third-order valence-corrected chi connectivity index (χ3v) is 4.81. The van der Waals surface area contributed by atoms with Crippen molar-refractivity contribution in [3.8, 4) is 0 Å². The monoisotopic (exact) mass is 414 g/mol. The fourth-order valence-electron chi connectivity index (χ4n) is 2.31. The number of hydrogen-bond acceptors (Lipinski definition) is 5. The van der Waals surface area contributed by atoms with Crippen LogP contribution in [0, 0.1) is 0 Å². The van der Waals surface area contributed by atoms with E-state index >= 15 is 0 Å². The molecule has 0 heterocycles. The normalized spacial score (nSPS) is 13.1. The van der Waals surface area contributed by atoms with E-state index in [4.69, 9.17) is 4.74 Å². The van der Waals surface area contributed by atoms with Crippen molar-refractivity contribution in [2.45, 2.75) is 25.3 Å². The number of esters is 1. The summed E-state index contributed by atoms with van der Waals surface area (Å²) in [5.74, 6) is -2.73. The maximum Gasteiger partial charge on any atom is 0.534 e. The number of halogens is 3. The van der Waals surface area contributed by atoms with E-state index in [1.807, 2.05) is 0 Å². The largest absolute Gasteiger partial charge is 0.534 e. The molecule has 0 aliphatic carbocycles. The molecule has 0 radical (unpaired) electrons. The summed E-state index contributed by atoms with van der Waals surface area (Å²) in [4.78, 5) is 12.7. The summed E-state index contributed by atoms with van der Waals surface area (Å²) < 4.78 is 68.7. The zero-order valence-electron chi connectivity index (χ0n) is 14.9. The predicted molar refractivity (Wildman–Crippen MR) is 95.3 cm³/mol. The standard InChI is InChI=1S/C19H17F3O5S/c1-13(14(2)27-28(24,25)19(20,21)22)26-18(23)17(15-9-5-3-6-10-15)16-11-7-4-8-12-16/h3-12,17H,1-2H3/b14-13-. The van der Waals surface area contributed by atoms with Crippen LogP contribution in [0.4, 0.5) is 13.2 Å². The molecule has 0 atom stereocenters. The molecular formula is C19H17F3O5S. The van der Waals surface area contributed by atoms with Gasteiger partial charge in [-0.25, -0.2) is 0 Å². The van der Waals surface area contributed by atoms with E-state index in [2.05, 4.69) is 4.18 Å². The smallest absolute Gasteiger partial charge is 0.427 e. The van der Waals surface area contributed by atoms with Crippen molar-refractivity contribution in [2.75, 3.05) is 0 Å². The predicted octanol–water partition coefficient (Wildman–Crippen LogP) is 4.48. The van der Waals surface area contributed by atoms with Gasteiger partial charge in [0.15, 0.2) is 5.76 Å².